The van der Waals surface area contributed by atoms with Crippen LogP contribution < -0.4 is 5.32 Å². The first-order valence-corrected chi connectivity index (χ1v) is 7.67. The monoisotopic (exact) mass is 318 g/mol. The molecule has 1 aromatic rings. The number of carbonyl (C=O) groups is 3. The highest BCUT2D eigenvalue weighted by Gasteiger charge is 2.35. The summed E-state index contributed by atoms with van der Waals surface area (Å²) in [5, 5.41) is 2.67. The second kappa shape index (κ2) is 7.21. The third-order valence-electron chi connectivity index (χ3n) is 3.86. The summed E-state index contributed by atoms with van der Waals surface area (Å²) in [5.74, 6) is -0.397. The van der Waals surface area contributed by atoms with Crippen LogP contribution in [-0.2, 0) is 14.4 Å². The maximum Gasteiger partial charge on any atom is 0.245 e. The molecular weight excluding hydrogens is 296 g/mol. The molecule has 0 saturated carbocycles. The Hall–Kier alpha value is -2.44. The van der Waals surface area contributed by atoms with Crippen molar-refractivity contribution < 1.29 is 14.4 Å². The molecular formula is C16H22N4O3. The van der Waals surface area contributed by atoms with Crippen molar-refractivity contribution in [3.05, 3.63) is 23.9 Å². The van der Waals surface area contributed by atoms with E-state index in [-0.39, 0.29) is 36.6 Å². The Morgan fingerprint density at radius 1 is 1.43 bits per heavy atom. The van der Waals surface area contributed by atoms with Crippen molar-refractivity contribution in [2.45, 2.75) is 20.3 Å². The summed E-state index contributed by atoms with van der Waals surface area (Å²) in [5.41, 5.74) is 0.802. The average Bonchev–Trinajstić information content (AvgIpc) is 2.87. The van der Waals surface area contributed by atoms with Crippen molar-refractivity contribution in [1.82, 2.24) is 14.8 Å². The Labute approximate surface area is 135 Å². The van der Waals surface area contributed by atoms with Gasteiger partial charge in [-0.3, -0.25) is 14.4 Å². The minimum Gasteiger partial charge on any atom is -0.342 e. The van der Waals surface area contributed by atoms with Crippen LogP contribution in [0.3, 0.4) is 0 Å². The number of amides is 3. The molecule has 0 spiro atoms. The summed E-state index contributed by atoms with van der Waals surface area (Å²) in [6.45, 7) is 4.69. The van der Waals surface area contributed by atoms with Crippen LogP contribution in [0.15, 0.2) is 18.2 Å². The molecule has 1 aromatic heterocycles. The van der Waals surface area contributed by atoms with Crippen molar-refractivity contribution in [3.8, 4) is 0 Å². The fourth-order valence-electron chi connectivity index (χ4n) is 2.64. The first-order valence-electron chi connectivity index (χ1n) is 7.67. The molecule has 7 heteroatoms. The molecule has 2 heterocycles. The van der Waals surface area contributed by atoms with Crippen molar-refractivity contribution in [2.75, 3.05) is 32.0 Å². The number of aromatic nitrogens is 1. The van der Waals surface area contributed by atoms with E-state index in [1.807, 2.05) is 19.9 Å². The van der Waals surface area contributed by atoms with Crippen LogP contribution in [0.5, 0.6) is 0 Å². The van der Waals surface area contributed by atoms with Gasteiger partial charge in [0, 0.05) is 32.3 Å². The Balaban J connectivity index is 1.88. The zero-order chi connectivity index (χ0) is 17.0. The van der Waals surface area contributed by atoms with E-state index < -0.39 is 0 Å². The number of hydrogen-bond donors (Lipinski definition) is 1. The molecule has 1 atom stereocenters. The molecule has 0 aliphatic carbocycles. The van der Waals surface area contributed by atoms with E-state index in [0.717, 1.165) is 5.69 Å². The molecule has 1 N–H and O–H groups in total. The lowest BCUT2D eigenvalue weighted by Gasteiger charge is -2.20. The smallest absolute Gasteiger partial charge is 0.245 e. The first kappa shape index (κ1) is 16.9. The standard InChI is InChI=1S/C16H22N4O3/c1-4-20-9-12(8-15(20)22)16(23)19(3)10-14(21)18-13-7-5-6-11(2)17-13/h5-7,12H,4,8-10H2,1-3H3,(H,17,18,21)/t12-/m0/s1. The normalized spacial score (nSPS) is 17.3. The molecule has 0 radical (unpaired) electrons. The third kappa shape index (κ3) is 4.28. The molecule has 1 fully saturated rings. The van der Waals surface area contributed by atoms with Gasteiger partial charge in [-0.1, -0.05) is 6.07 Å². The topological polar surface area (TPSA) is 82.6 Å². The molecule has 1 saturated heterocycles. The number of nitrogens with one attached hydrogen (secondary N) is 1. The lowest BCUT2D eigenvalue weighted by Crippen LogP contribution is -2.39. The summed E-state index contributed by atoms with van der Waals surface area (Å²) in [6.07, 6.45) is 0.220. The molecule has 0 unspecified atom stereocenters. The van der Waals surface area contributed by atoms with Gasteiger partial charge < -0.3 is 15.1 Å². The van der Waals surface area contributed by atoms with Gasteiger partial charge in [-0.2, -0.15) is 0 Å². The van der Waals surface area contributed by atoms with Crippen LogP contribution >= 0.6 is 0 Å². The Bertz CT molecular complexity index is 617. The van der Waals surface area contributed by atoms with E-state index in [0.29, 0.717) is 18.9 Å². The SMILES string of the molecule is CCN1C[C@@H](C(=O)N(C)CC(=O)Nc2cccc(C)n2)CC1=O. The fraction of sp³-hybridized carbons (Fsp3) is 0.500. The highest BCUT2D eigenvalue weighted by atomic mass is 16.2. The number of pyridine rings is 1. The number of likely N-dealkylation sites (tertiary alicyclic amines) is 1. The van der Waals surface area contributed by atoms with Gasteiger partial charge >= 0.3 is 0 Å². The van der Waals surface area contributed by atoms with Gasteiger partial charge in [0.05, 0.1) is 12.5 Å². The second-order valence-electron chi connectivity index (χ2n) is 5.74. The molecule has 2 rings (SSSR count). The molecule has 3 amide bonds. The van der Waals surface area contributed by atoms with Crippen LogP contribution in [0.25, 0.3) is 0 Å². The van der Waals surface area contributed by atoms with Gasteiger partial charge in [-0.05, 0) is 26.0 Å². The van der Waals surface area contributed by atoms with Crippen molar-refractivity contribution in [2.24, 2.45) is 5.92 Å². The van der Waals surface area contributed by atoms with Gasteiger partial charge in [0.1, 0.15) is 5.82 Å². The quantitative estimate of drug-likeness (QED) is 0.864. The van der Waals surface area contributed by atoms with E-state index in [9.17, 15) is 14.4 Å². The van der Waals surface area contributed by atoms with Crippen LogP contribution in [0.1, 0.15) is 19.0 Å². The largest absolute Gasteiger partial charge is 0.342 e. The summed E-state index contributed by atoms with van der Waals surface area (Å²) < 4.78 is 0. The summed E-state index contributed by atoms with van der Waals surface area (Å²) in [7, 11) is 1.57. The van der Waals surface area contributed by atoms with Crippen LogP contribution in [0.2, 0.25) is 0 Å². The predicted octanol–water partition coefficient (Wildman–Crippen LogP) is 0.655. The van der Waals surface area contributed by atoms with E-state index in [4.69, 9.17) is 0 Å². The minimum atomic E-state index is -0.364. The van der Waals surface area contributed by atoms with Crippen molar-refractivity contribution in [1.29, 1.82) is 0 Å². The fourth-order valence-corrected chi connectivity index (χ4v) is 2.64. The lowest BCUT2D eigenvalue weighted by molar-refractivity contribution is -0.137. The zero-order valence-corrected chi connectivity index (χ0v) is 13.7. The second-order valence-corrected chi connectivity index (χ2v) is 5.74. The molecule has 0 aromatic carbocycles. The van der Waals surface area contributed by atoms with Gasteiger partial charge in [-0.25, -0.2) is 4.98 Å². The van der Waals surface area contributed by atoms with E-state index in [1.165, 1.54) is 4.90 Å². The summed E-state index contributed by atoms with van der Waals surface area (Å²) in [4.78, 5) is 43.3. The van der Waals surface area contributed by atoms with Crippen LogP contribution in [0, 0.1) is 12.8 Å². The highest BCUT2D eigenvalue weighted by Crippen LogP contribution is 2.19. The first-order chi connectivity index (χ1) is 10.9. The maximum absolute atomic E-state index is 12.3. The van der Waals surface area contributed by atoms with Gasteiger partial charge in [-0.15, -0.1) is 0 Å². The summed E-state index contributed by atoms with van der Waals surface area (Å²) in [6, 6.07) is 5.33. The van der Waals surface area contributed by atoms with Crippen LogP contribution in [0.4, 0.5) is 5.82 Å². The van der Waals surface area contributed by atoms with E-state index >= 15 is 0 Å². The summed E-state index contributed by atoms with van der Waals surface area (Å²) >= 11 is 0. The van der Waals surface area contributed by atoms with Gasteiger partial charge in [0.25, 0.3) is 0 Å². The Morgan fingerprint density at radius 3 is 2.78 bits per heavy atom. The number of anilines is 1. The highest BCUT2D eigenvalue weighted by molar-refractivity contribution is 5.95. The van der Waals surface area contributed by atoms with Crippen LogP contribution in [-0.4, -0.2) is 59.2 Å². The molecule has 0 bridgehead atoms. The number of carbonyl (C=O) groups excluding carboxylic acids is 3. The Kier molecular flexibility index (Phi) is 5.31. The molecule has 1 aliphatic heterocycles. The molecule has 23 heavy (non-hydrogen) atoms. The number of hydrogen-bond acceptors (Lipinski definition) is 4. The maximum atomic E-state index is 12.3. The van der Waals surface area contributed by atoms with Gasteiger partial charge in [0.15, 0.2) is 0 Å². The van der Waals surface area contributed by atoms with Crippen molar-refractivity contribution >= 4 is 23.5 Å². The molecule has 7 nitrogen and oxygen atoms in total. The molecule has 1 aliphatic rings. The number of aryl methyl sites for hydroxylation is 1. The number of nitrogens with zero attached hydrogens (tertiary/aromatic N) is 3. The zero-order valence-electron chi connectivity index (χ0n) is 13.7. The minimum absolute atomic E-state index is 0.00679. The molecule has 124 valence electrons. The average molecular weight is 318 g/mol. The van der Waals surface area contributed by atoms with E-state index in [1.54, 1.807) is 24.1 Å². The third-order valence-corrected chi connectivity index (χ3v) is 3.86. The Morgan fingerprint density at radius 2 is 2.17 bits per heavy atom. The number of rotatable bonds is 5. The lowest BCUT2D eigenvalue weighted by atomic mass is 10.1. The van der Waals surface area contributed by atoms with Crippen molar-refractivity contribution in [3.63, 3.8) is 0 Å². The van der Waals surface area contributed by atoms with E-state index in [2.05, 4.69) is 10.3 Å². The predicted molar refractivity (Wildman–Crippen MR) is 85.6 cm³/mol. The number of likely N-dealkylation sites (N-methyl/N-ethyl adjacent to an activating group) is 1. The van der Waals surface area contributed by atoms with Gasteiger partial charge in [0.2, 0.25) is 17.7 Å².